The zero-order valence-corrected chi connectivity index (χ0v) is 13.9. The molecule has 1 saturated heterocycles. The summed E-state index contributed by atoms with van der Waals surface area (Å²) < 4.78 is 13.0. The highest BCUT2D eigenvalue weighted by atomic mass is 32.1. The summed E-state index contributed by atoms with van der Waals surface area (Å²) in [6.07, 6.45) is 2.52. The molecule has 0 spiro atoms. The number of rotatable bonds is 4. The Morgan fingerprint density at radius 2 is 1.95 bits per heavy atom. The monoisotopic (exact) mass is 319 g/mol. The third-order valence-corrected chi connectivity index (χ3v) is 5.28. The Hall–Kier alpha value is -1.46. The van der Waals surface area contributed by atoms with Crippen LogP contribution in [0.1, 0.15) is 12.8 Å². The van der Waals surface area contributed by atoms with Crippen molar-refractivity contribution in [2.45, 2.75) is 12.8 Å². The highest BCUT2D eigenvalue weighted by molar-refractivity contribution is 7.14. The van der Waals surface area contributed by atoms with E-state index in [2.05, 4.69) is 23.9 Å². The molecule has 3 rings (SSSR count). The summed E-state index contributed by atoms with van der Waals surface area (Å²) in [7, 11) is 4.31. The maximum absolute atomic E-state index is 13.0. The lowest BCUT2D eigenvalue weighted by Crippen LogP contribution is -2.35. The average Bonchev–Trinajstić information content (AvgIpc) is 3.00. The van der Waals surface area contributed by atoms with Gasteiger partial charge in [-0.1, -0.05) is 0 Å². The summed E-state index contributed by atoms with van der Waals surface area (Å²) in [6, 6.07) is 6.53. The molecule has 22 heavy (non-hydrogen) atoms. The van der Waals surface area contributed by atoms with E-state index in [4.69, 9.17) is 4.98 Å². The fourth-order valence-corrected chi connectivity index (χ4v) is 3.71. The minimum Gasteiger partial charge on any atom is -0.351 e. The predicted molar refractivity (Wildman–Crippen MR) is 91.0 cm³/mol. The molecule has 0 atom stereocenters. The molecule has 118 valence electrons. The van der Waals surface area contributed by atoms with Gasteiger partial charge in [0.15, 0.2) is 5.13 Å². The molecule has 0 amide bonds. The normalized spacial score (nSPS) is 16.9. The largest absolute Gasteiger partial charge is 0.351 e. The van der Waals surface area contributed by atoms with E-state index in [0.717, 1.165) is 28.9 Å². The number of halogens is 1. The fraction of sp³-hybridized carbons (Fsp3) is 0.471. The van der Waals surface area contributed by atoms with Crippen molar-refractivity contribution in [2.24, 2.45) is 5.92 Å². The van der Waals surface area contributed by atoms with Crippen LogP contribution in [-0.2, 0) is 0 Å². The quantitative estimate of drug-likeness (QED) is 0.856. The molecule has 2 aromatic rings. The first kappa shape index (κ1) is 15.4. The number of hydrogen-bond acceptors (Lipinski definition) is 4. The van der Waals surface area contributed by atoms with Crippen molar-refractivity contribution in [3.63, 3.8) is 0 Å². The second-order valence-corrected chi connectivity index (χ2v) is 6.99. The molecule has 3 nitrogen and oxygen atoms in total. The second kappa shape index (κ2) is 6.75. The minimum atomic E-state index is -0.210. The minimum absolute atomic E-state index is 0.210. The van der Waals surface area contributed by atoms with Gasteiger partial charge < -0.3 is 9.80 Å². The topological polar surface area (TPSA) is 19.4 Å². The van der Waals surface area contributed by atoms with E-state index in [1.165, 1.54) is 38.1 Å². The van der Waals surface area contributed by atoms with E-state index in [1.807, 2.05) is 5.38 Å². The van der Waals surface area contributed by atoms with Gasteiger partial charge in [-0.15, -0.1) is 11.3 Å². The van der Waals surface area contributed by atoms with E-state index in [-0.39, 0.29) is 5.82 Å². The van der Waals surface area contributed by atoms with E-state index in [0.29, 0.717) is 0 Å². The van der Waals surface area contributed by atoms with Gasteiger partial charge in [0.05, 0.1) is 5.69 Å². The van der Waals surface area contributed by atoms with Gasteiger partial charge in [0, 0.05) is 24.5 Å². The van der Waals surface area contributed by atoms with Crippen molar-refractivity contribution in [1.82, 2.24) is 9.88 Å². The Morgan fingerprint density at radius 3 is 2.64 bits per heavy atom. The molecule has 1 aromatic heterocycles. The average molecular weight is 319 g/mol. The molecular formula is C17H22FN3S. The van der Waals surface area contributed by atoms with Crippen LogP contribution in [0.4, 0.5) is 9.52 Å². The molecule has 0 unspecified atom stereocenters. The molecular weight excluding hydrogens is 297 g/mol. The summed E-state index contributed by atoms with van der Waals surface area (Å²) >= 11 is 1.66. The third kappa shape index (κ3) is 3.65. The molecule has 1 aliphatic rings. The maximum Gasteiger partial charge on any atom is 0.185 e. The highest BCUT2D eigenvalue weighted by Gasteiger charge is 2.19. The summed E-state index contributed by atoms with van der Waals surface area (Å²) in [4.78, 5) is 9.36. The van der Waals surface area contributed by atoms with E-state index in [9.17, 15) is 4.39 Å². The molecule has 5 heteroatoms. The molecule has 0 radical (unpaired) electrons. The number of piperidine rings is 1. The van der Waals surface area contributed by atoms with Crippen LogP contribution in [0.3, 0.4) is 0 Å². The van der Waals surface area contributed by atoms with Crippen LogP contribution in [0.2, 0.25) is 0 Å². The van der Waals surface area contributed by atoms with Gasteiger partial charge >= 0.3 is 0 Å². The van der Waals surface area contributed by atoms with Gasteiger partial charge in [-0.25, -0.2) is 9.37 Å². The molecule has 1 aliphatic heterocycles. The van der Waals surface area contributed by atoms with Crippen molar-refractivity contribution in [2.75, 3.05) is 38.6 Å². The van der Waals surface area contributed by atoms with Crippen molar-refractivity contribution in [3.8, 4) is 11.3 Å². The highest BCUT2D eigenvalue weighted by Crippen LogP contribution is 2.28. The number of aromatic nitrogens is 1. The van der Waals surface area contributed by atoms with Crippen molar-refractivity contribution < 1.29 is 4.39 Å². The number of benzene rings is 1. The Morgan fingerprint density at radius 1 is 1.27 bits per heavy atom. The molecule has 0 aliphatic carbocycles. The maximum atomic E-state index is 13.0. The number of nitrogens with zero attached hydrogens (tertiary/aromatic N) is 3. The van der Waals surface area contributed by atoms with Gasteiger partial charge in [-0.05, 0) is 63.2 Å². The van der Waals surface area contributed by atoms with Crippen LogP contribution in [0.5, 0.6) is 0 Å². The third-order valence-electron chi connectivity index (χ3n) is 4.33. The van der Waals surface area contributed by atoms with Gasteiger partial charge in [-0.3, -0.25) is 0 Å². The zero-order chi connectivity index (χ0) is 15.5. The molecule has 0 saturated carbocycles. The standard InChI is InChI=1S/C17H22FN3S/c1-20-9-7-13(8-10-20)11-21(2)17-19-16(12-22-17)14-3-5-15(18)6-4-14/h3-6,12-13H,7-11H2,1-2H3. The molecule has 1 fully saturated rings. The van der Waals surface area contributed by atoms with Crippen molar-refractivity contribution in [3.05, 3.63) is 35.5 Å². The molecule has 2 heterocycles. The van der Waals surface area contributed by atoms with Gasteiger partial charge in [-0.2, -0.15) is 0 Å². The summed E-state index contributed by atoms with van der Waals surface area (Å²) in [5, 5.41) is 3.09. The van der Waals surface area contributed by atoms with E-state index < -0.39 is 0 Å². The van der Waals surface area contributed by atoms with Gasteiger partial charge in [0.2, 0.25) is 0 Å². The Kier molecular flexibility index (Phi) is 4.74. The van der Waals surface area contributed by atoms with E-state index >= 15 is 0 Å². The Labute approximate surface area is 135 Å². The van der Waals surface area contributed by atoms with Crippen LogP contribution in [0.25, 0.3) is 11.3 Å². The summed E-state index contributed by atoms with van der Waals surface area (Å²) in [5.74, 6) is 0.540. The molecule has 0 bridgehead atoms. The first-order valence-electron chi connectivity index (χ1n) is 7.73. The summed E-state index contributed by atoms with van der Waals surface area (Å²) in [5.41, 5.74) is 1.90. The van der Waals surface area contributed by atoms with Gasteiger partial charge in [0.1, 0.15) is 5.82 Å². The molecule has 1 aromatic carbocycles. The fourth-order valence-electron chi connectivity index (χ4n) is 2.90. The lowest BCUT2D eigenvalue weighted by Gasteiger charge is -2.31. The van der Waals surface area contributed by atoms with E-state index in [1.54, 1.807) is 23.5 Å². The molecule has 0 N–H and O–H groups in total. The van der Waals surface area contributed by atoms with Crippen molar-refractivity contribution >= 4 is 16.5 Å². The zero-order valence-electron chi connectivity index (χ0n) is 13.1. The lowest BCUT2D eigenvalue weighted by atomic mass is 9.97. The number of hydrogen-bond donors (Lipinski definition) is 0. The summed E-state index contributed by atoms with van der Waals surface area (Å²) in [6.45, 7) is 3.44. The van der Waals surface area contributed by atoms with Crippen LogP contribution in [0.15, 0.2) is 29.6 Å². The Balaban J connectivity index is 1.64. The van der Waals surface area contributed by atoms with Crippen molar-refractivity contribution in [1.29, 1.82) is 0 Å². The van der Waals surface area contributed by atoms with Gasteiger partial charge in [0.25, 0.3) is 0 Å². The number of thiazole rings is 1. The first-order valence-corrected chi connectivity index (χ1v) is 8.61. The smallest absolute Gasteiger partial charge is 0.185 e. The van der Waals surface area contributed by atoms with Crippen LogP contribution in [-0.4, -0.2) is 43.6 Å². The lowest BCUT2D eigenvalue weighted by molar-refractivity contribution is 0.222. The second-order valence-electron chi connectivity index (χ2n) is 6.15. The SMILES string of the molecule is CN1CCC(CN(C)c2nc(-c3ccc(F)cc3)cs2)CC1. The predicted octanol–water partition coefficient (Wildman–Crippen LogP) is 3.73. The van der Waals surface area contributed by atoms with Crippen LogP contribution >= 0.6 is 11.3 Å². The Bertz CT molecular complexity index is 603. The van der Waals surface area contributed by atoms with Crippen LogP contribution < -0.4 is 4.90 Å². The first-order chi connectivity index (χ1) is 10.6. The number of anilines is 1. The van der Waals surface area contributed by atoms with Crippen LogP contribution in [0, 0.1) is 11.7 Å². The number of likely N-dealkylation sites (tertiary alicyclic amines) is 1.